The minimum absolute atomic E-state index is 0.0921. The SMILES string of the molecule is COc1ccc(-c2noc(COc3ccccc3[N+](=O)[O-])n2)cc1OC. The first-order valence-electron chi connectivity index (χ1n) is 7.53. The van der Waals surface area contributed by atoms with Gasteiger partial charge in [0, 0.05) is 11.6 Å². The number of ether oxygens (including phenoxy) is 3. The molecule has 0 saturated carbocycles. The van der Waals surface area contributed by atoms with Crippen LogP contribution in [-0.2, 0) is 6.61 Å². The zero-order chi connectivity index (χ0) is 18.5. The van der Waals surface area contributed by atoms with Crippen molar-refractivity contribution in [1.82, 2.24) is 10.1 Å². The molecular formula is C17H15N3O6. The highest BCUT2D eigenvalue weighted by Gasteiger charge is 2.16. The zero-order valence-electron chi connectivity index (χ0n) is 14.0. The summed E-state index contributed by atoms with van der Waals surface area (Å²) in [6.45, 7) is -0.0921. The standard InChI is InChI=1S/C17H15N3O6/c1-23-14-8-7-11(9-15(14)24-2)17-18-16(26-19-17)10-25-13-6-4-3-5-12(13)20(21)22/h3-9H,10H2,1-2H3. The van der Waals surface area contributed by atoms with Crippen LogP contribution in [0.25, 0.3) is 11.4 Å². The predicted octanol–water partition coefficient (Wildman–Crippen LogP) is 3.24. The molecule has 0 aliphatic rings. The Morgan fingerprint density at radius 3 is 2.58 bits per heavy atom. The van der Waals surface area contributed by atoms with Crippen molar-refractivity contribution < 1.29 is 23.7 Å². The molecule has 9 nitrogen and oxygen atoms in total. The van der Waals surface area contributed by atoms with Crippen molar-refractivity contribution in [2.24, 2.45) is 0 Å². The van der Waals surface area contributed by atoms with Gasteiger partial charge >= 0.3 is 5.69 Å². The molecule has 0 aliphatic carbocycles. The number of hydrogen-bond acceptors (Lipinski definition) is 8. The van der Waals surface area contributed by atoms with E-state index in [1.807, 2.05) is 0 Å². The van der Waals surface area contributed by atoms with Gasteiger partial charge in [-0.2, -0.15) is 4.98 Å². The van der Waals surface area contributed by atoms with E-state index in [0.717, 1.165) is 0 Å². The van der Waals surface area contributed by atoms with Crippen LogP contribution in [0.2, 0.25) is 0 Å². The fraction of sp³-hybridized carbons (Fsp3) is 0.176. The average molecular weight is 357 g/mol. The highest BCUT2D eigenvalue weighted by atomic mass is 16.6. The molecule has 3 rings (SSSR count). The Morgan fingerprint density at radius 1 is 1.08 bits per heavy atom. The van der Waals surface area contributed by atoms with E-state index in [4.69, 9.17) is 18.7 Å². The summed E-state index contributed by atoms with van der Waals surface area (Å²) < 4.78 is 21.0. The van der Waals surface area contributed by atoms with Crippen molar-refractivity contribution >= 4 is 5.69 Å². The lowest BCUT2D eigenvalue weighted by Gasteiger charge is -2.07. The van der Waals surface area contributed by atoms with Crippen molar-refractivity contribution in [1.29, 1.82) is 0 Å². The molecule has 1 aromatic heterocycles. The maximum Gasteiger partial charge on any atom is 0.310 e. The molecule has 0 radical (unpaired) electrons. The third-order valence-electron chi connectivity index (χ3n) is 3.52. The highest BCUT2D eigenvalue weighted by molar-refractivity contribution is 5.60. The van der Waals surface area contributed by atoms with E-state index in [2.05, 4.69) is 10.1 Å². The monoisotopic (exact) mass is 357 g/mol. The molecule has 0 spiro atoms. The summed E-state index contributed by atoms with van der Waals surface area (Å²) >= 11 is 0. The van der Waals surface area contributed by atoms with Crippen molar-refractivity contribution in [3.63, 3.8) is 0 Å². The van der Waals surface area contributed by atoms with Crippen LogP contribution in [0.4, 0.5) is 5.69 Å². The first-order chi connectivity index (χ1) is 12.6. The normalized spacial score (nSPS) is 10.4. The van der Waals surface area contributed by atoms with Crippen molar-refractivity contribution in [3.8, 4) is 28.6 Å². The van der Waals surface area contributed by atoms with E-state index in [1.165, 1.54) is 19.2 Å². The maximum absolute atomic E-state index is 11.0. The van der Waals surface area contributed by atoms with E-state index < -0.39 is 4.92 Å². The average Bonchev–Trinajstić information content (AvgIpc) is 3.15. The summed E-state index contributed by atoms with van der Waals surface area (Å²) in [5.74, 6) is 1.77. The van der Waals surface area contributed by atoms with E-state index in [1.54, 1.807) is 37.4 Å². The van der Waals surface area contributed by atoms with E-state index in [9.17, 15) is 10.1 Å². The van der Waals surface area contributed by atoms with Crippen LogP contribution in [-0.4, -0.2) is 29.3 Å². The van der Waals surface area contributed by atoms with Crippen LogP contribution in [0.1, 0.15) is 5.89 Å². The van der Waals surface area contributed by atoms with Gasteiger partial charge in [-0.15, -0.1) is 0 Å². The van der Waals surface area contributed by atoms with Gasteiger partial charge in [0.1, 0.15) is 0 Å². The van der Waals surface area contributed by atoms with Gasteiger partial charge in [-0.3, -0.25) is 10.1 Å². The minimum Gasteiger partial charge on any atom is -0.493 e. The maximum atomic E-state index is 11.0. The Kier molecular flexibility index (Phi) is 4.97. The van der Waals surface area contributed by atoms with Crippen LogP contribution >= 0.6 is 0 Å². The number of nitro groups is 1. The van der Waals surface area contributed by atoms with E-state index in [-0.39, 0.29) is 23.9 Å². The molecule has 0 unspecified atom stereocenters. The van der Waals surface area contributed by atoms with E-state index >= 15 is 0 Å². The van der Waals surface area contributed by atoms with Gasteiger partial charge in [0.2, 0.25) is 5.82 Å². The lowest BCUT2D eigenvalue weighted by Crippen LogP contribution is -1.99. The predicted molar refractivity (Wildman–Crippen MR) is 90.3 cm³/mol. The summed E-state index contributed by atoms with van der Waals surface area (Å²) in [7, 11) is 3.08. The molecule has 134 valence electrons. The molecule has 0 saturated heterocycles. The Bertz CT molecular complexity index is 924. The number of benzene rings is 2. The number of aromatic nitrogens is 2. The molecule has 3 aromatic rings. The molecule has 0 aliphatic heterocycles. The molecule has 26 heavy (non-hydrogen) atoms. The van der Waals surface area contributed by atoms with Crippen LogP contribution < -0.4 is 14.2 Å². The molecule has 0 bridgehead atoms. The van der Waals surface area contributed by atoms with Gasteiger partial charge in [0.25, 0.3) is 5.89 Å². The van der Waals surface area contributed by atoms with Crippen LogP contribution in [0.15, 0.2) is 47.0 Å². The quantitative estimate of drug-likeness (QED) is 0.468. The van der Waals surface area contributed by atoms with Crippen molar-refractivity contribution in [2.45, 2.75) is 6.61 Å². The molecule has 1 heterocycles. The Morgan fingerprint density at radius 2 is 1.85 bits per heavy atom. The fourth-order valence-corrected chi connectivity index (χ4v) is 2.28. The lowest BCUT2D eigenvalue weighted by atomic mass is 10.2. The van der Waals surface area contributed by atoms with Crippen molar-refractivity contribution in [2.75, 3.05) is 14.2 Å². The summed E-state index contributed by atoms with van der Waals surface area (Å²) in [6, 6.07) is 11.3. The summed E-state index contributed by atoms with van der Waals surface area (Å²) in [5, 5.41) is 14.9. The van der Waals surface area contributed by atoms with Crippen molar-refractivity contribution in [3.05, 3.63) is 58.5 Å². The molecular weight excluding hydrogens is 342 g/mol. The number of nitrogens with zero attached hydrogens (tertiary/aromatic N) is 3. The Balaban J connectivity index is 1.76. The second kappa shape index (κ2) is 7.51. The summed E-state index contributed by atoms with van der Waals surface area (Å²) in [6.07, 6.45) is 0. The molecule has 9 heteroatoms. The van der Waals surface area contributed by atoms with Gasteiger partial charge in [-0.1, -0.05) is 17.3 Å². The van der Waals surface area contributed by atoms with E-state index in [0.29, 0.717) is 22.9 Å². The third kappa shape index (κ3) is 3.56. The number of nitro benzene ring substituents is 1. The number of methoxy groups -OCH3 is 2. The van der Waals surface area contributed by atoms with Gasteiger partial charge in [-0.05, 0) is 24.3 Å². The topological polar surface area (TPSA) is 110 Å². The molecule has 0 atom stereocenters. The van der Waals surface area contributed by atoms with Crippen LogP contribution in [0.3, 0.4) is 0 Å². The third-order valence-corrected chi connectivity index (χ3v) is 3.52. The van der Waals surface area contributed by atoms with Gasteiger partial charge < -0.3 is 18.7 Å². The second-order valence-electron chi connectivity index (χ2n) is 5.09. The molecule has 0 fully saturated rings. The minimum atomic E-state index is -0.516. The summed E-state index contributed by atoms with van der Waals surface area (Å²) in [4.78, 5) is 14.7. The number of para-hydroxylation sites is 2. The Labute approximate surface area is 148 Å². The second-order valence-corrected chi connectivity index (χ2v) is 5.09. The van der Waals surface area contributed by atoms with Gasteiger partial charge in [0.05, 0.1) is 19.1 Å². The molecule has 2 aromatic carbocycles. The first-order valence-corrected chi connectivity index (χ1v) is 7.53. The lowest BCUT2D eigenvalue weighted by molar-refractivity contribution is -0.386. The van der Waals surface area contributed by atoms with Crippen LogP contribution in [0, 0.1) is 10.1 Å². The largest absolute Gasteiger partial charge is 0.493 e. The summed E-state index contributed by atoms with van der Waals surface area (Å²) in [5.41, 5.74) is 0.537. The molecule has 0 N–H and O–H groups in total. The number of hydrogen-bond donors (Lipinski definition) is 0. The Hall–Kier alpha value is -3.62. The molecule has 0 amide bonds. The zero-order valence-corrected chi connectivity index (χ0v) is 14.0. The number of rotatable bonds is 7. The fourth-order valence-electron chi connectivity index (χ4n) is 2.28. The highest BCUT2D eigenvalue weighted by Crippen LogP contribution is 2.31. The van der Waals surface area contributed by atoms with Gasteiger partial charge in [0.15, 0.2) is 23.9 Å². The first kappa shape index (κ1) is 17.2. The van der Waals surface area contributed by atoms with Gasteiger partial charge in [-0.25, -0.2) is 0 Å². The van der Waals surface area contributed by atoms with Crippen LogP contribution in [0.5, 0.6) is 17.2 Å². The smallest absolute Gasteiger partial charge is 0.310 e.